The van der Waals surface area contributed by atoms with Gasteiger partial charge in [-0.25, -0.2) is 0 Å². The number of rotatable bonds is 4. The van der Waals surface area contributed by atoms with Crippen molar-refractivity contribution in [3.8, 4) is 0 Å². The van der Waals surface area contributed by atoms with Crippen LogP contribution in [0.1, 0.15) is 52.4 Å². The quantitative estimate of drug-likeness (QED) is 0.492. The lowest BCUT2D eigenvalue weighted by atomic mass is 9.86. The Morgan fingerprint density at radius 3 is 2.57 bits per heavy atom. The largest absolute Gasteiger partial charge is 0.436 e. The Bertz CT molecular complexity index is 425. The first-order valence-corrected chi connectivity index (χ1v) is 8.23. The first-order chi connectivity index (χ1) is 9.98. The monoisotopic (exact) mass is 294 g/mol. The lowest BCUT2D eigenvalue weighted by Gasteiger charge is -2.36. The van der Waals surface area contributed by atoms with Gasteiger partial charge in [0.2, 0.25) is 6.29 Å². The molecular weight excluding hydrogens is 268 g/mol. The van der Waals surface area contributed by atoms with E-state index in [1.54, 1.807) is 6.92 Å². The van der Waals surface area contributed by atoms with Crippen molar-refractivity contribution >= 4 is 5.97 Å². The van der Waals surface area contributed by atoms with Crippen LogP contribution in [0.15, 0.2) is 12.2 Å². The molecule has 0 aromatic carbocycles. The summed E-state index contributed by atoms with van der Waals surface area (Å²) in [6.45, 7) is 3.91. The van der Waals surface area contributed by atoms with Gasteiger partial charge in [-0.2, -0.15) is 0 Å². The molecule has 3 aliphatic carbocycles. The Balaban J connectivity index is 1.52. The average molecular weight is 294 g/mol. The SMILES string of the molecule is CC(OC(=O)C1CC2C=CC1C2O)OC1(C)CCCCC1. The van der Waals surface area contributed by atoms with E-state index in [1.165, 1.54) is 19.3 Å². The van der Waals surface area contributed by atoms with Gasteiger partial charge in [0.25, 0.3) is 0 Å². The maximum atomic E-state index is 12.3. The third-order valence-corrected chi connectivity index (χ3v) is 5.35. The Morgan fingerprint density at radius 2 is 2.00 bits per heavy atom. The van der Waals surface area contributed by atoms with E-state index >= 15 is 0 Å². The van der Waals surface area contributed by atoms with Gasteiger partial charge < -0.3 is 14.6 Å². The van der Waals surface area contributed by atoms with Crippen LogP contribution in [0.2, 0.25) is 0 Å². The molecule has 0 aromatic heterocycles. The molecule has 0 heterocycles. The number of fused-ring (bicyclic) bond motifs is 2. The lowest BCUT2D eigenvalue weighted by Crippen LogP contribution is -2.37. The maximum absolute atomic E-state index is 12.3. The average Bonchev–Trinajstić information content (AvgIpc) is 2.94. The highest BCUT2D eigenvalue weighted by Gasteiger charge is 2.48. The first kappa shape index (κ1) is 15.0. The van der Waals surface area contributed by atoms with Crippen LogP contribution >= 0.6 is 0 Å². The molecule has 0 saturated heterocycles. The van der Waals surface area contributed by atoms with E-state index < -0.39 is 12.4 Å². The number of esters is 1. The van der Waals surface area contributed by atoms with E-state index in [0.29, 0.717) is 6.42 Å². The normalized spacial score (nSPS) is 38.4. The van der Waals surface area contributed by atoms with Crippen LogP contribution < -0.4 is 0 Å². The molecule has 0 aromatic rings. The predicted molar refractivity (Wildman–Crippen MR) is 78.4 cm³/mol. The summed E-state index contributed by atoms with van der Waals surface area (Å²) in [6.07, 6.45) is 9.44. The molecule has 0 radical (unpaired) electrons. The van der Waals surface area contributed by atoms with Gasteiger partial charge in [-0.3, -0.25) is 4.79 Å². The molecule has 5 atom stereocenters. The number of carbonyl (C=O) groups is 1. The zero-order valence-corrected chi connectivity index (χ0v) is 13.0. The first-order valence-electron chi connectivity index (χ1n) is 8.23. The Morgan fingerprint density at radius 1 is 1.29 bits per heavy atom. The Kier molecular flexibility index (Phi) is 4.10. The van der Waals surface area contributed by atoms with Crippen molar-refractivity contribution in [3.63, 3.8) is 0 Å². The van der Waals surface area contributed by atoms with Crippen LogP contribution in [0.3, 0.4) is 0 Å². The molecule has 0 aliphatic heterocycles. The van der Waals surface area contributed by atoms with Gasteiger partial charge >= 0.3 is 5.97 Å². The summed E-state index contributed by atoms with van der Waals surface area (Å²) in [4.78, 5) is 12.3. The second-order valence-electron chi connectivity index (χ2n) is 7.09. The van der Waals surface area contributed by atoms with Gasteiger partial charge in [0.1, 0.15) is 0 Å². The molecule has 2 bridgehead atoms. The smallest absolute Gasteiger partial charge is 0.311 e. The van der Waals surface area contributed by atoms with Crippen molar-refractivity contribution in [1.82, 2.24) is 0 Å². The summed E-state index contributed by atoms with van der Waals surface area (Å²) in [5.74, 6) is -0.377. The molecule has 5 unspecified atom stereocenters. The number of carbonyl (C=O) groups excluding carboxylic acids is 1. The minimum absolute atomic E-state index is 0.0695. The topological polar surface area (TPSA) is 55.8 Å². The van der Waals surface area contributed by atoms with E-state index in [2.05, 4.69) is 6.92 Å². The second-order valence-corrected chi connectivity index (χ2v) is 7.09. The van der Waals surface area contributed by atoms with Crippen molar-refractivity contribution in [1.29, 1.82) is 0 Å². The zero-order valence-electron chi connectivity index (χ0n) is 13.0. The fraction of sp³-hybridized carbons (Fsp3) is 0.824. The molecule has 0 spiro atoms. The molecule has 4 heteroatoms. The van der Waals surface area contributed by atoms with Crippen LogP contribution in [-0.2, 0) is 14.3 Å². The molecule has 1 N–H and O–H groups in total. The van der Waals surface area contributed by atoms with E-state index in [0.717, 1.165) is 12.8 Å². The van der Waals surface area contributed by atoms with Gasteiger partial charge in [0.05, 0.1) is 17.6 Å². The minimum Gasteiger partial charge on any atom is -0.436 e. The summed E-state index contributed by atoms with van der Waals surface area (Å²) in [5.41, 5.74) is -0.161. The van der Waals surface area contributed by atoms with Crippen molar-refractivity contribution in [2.75, 3.05) is 0 Å². The molecule has 3 aliphatic rings. The van der Waals surface area contributed by atoms with Crippen molar-refractivity contribution in [2.24, 2.45) is 17.8 Å². The summed E-state index contributed by atoms with van der Waals surface area (Å²) >= 11 is 0. The summed E-state index contributed by atoms with van der Waals surface area (Å²) in [6, 6.07) is 0. The Labute approximate surface area is 126 Å². The van der Waals surface area contributed by atoms with Crippen LogP contribution in [0.4, 0.5) is 0 Å². The number of hydrogen-bond donors (Lipinski definition) is 1. The summed E-state index contributed by atoms with van der Waals surface area (Å²) in [7, 11) is 0. The van der Waals surface area contributed by atoms with Crippen molar-refractivity contribution in [2.45, 2.75) is 70.4 Å². The van der Waals surface area contributed by atoms with Gasteiger partial charge in [-0.1, -0.05) is 31.4 Å². The maximum Gasteiger partial charge on any atom is 0.311 e. The predicted octanol–water partition coefficient (Wildman–Crippen LogP) is 2.80. The third kappa shape index (κ3) is 3.02. The van der Waals surface area contributed by atoms with E-state index in [1.807, 2.05) is 12.2 Å². The number of aliphatic hydroxyl groups is 1. The molecule has 4 nitrogen and oxygen atoms in total. The second kappa shape index (κ2) is 5.73. The number of ether oxygens (including phenoxy) is 2. The van der Waals surface area contributed by atoms with Gasteiger partial charge in [-0.15, -0.1) is 0 Å². The number of hydrogen-bond acceptors (Lipinski definition) is 4. The molecule has 2 saturated carbocycles. The lowest BCUT2D eigenvalue weighted by molar-refractivity contribution is -0.213. The van der Waals surface area contributed by atoms with Crippen LogP contribution in [-0.4, -0.2) is 29.1 Å². The van der Waals surface area contributed by atoms with E-state index in [4.69, 9.17) is 9.47 Å². The van der Waals surface area contributed by atoms with Crippen LogP contribution in [0.5, 0.6) is 0 Å². The minimum atomic E-state index is -0.513. The highest BCUT2D eigenvalue weighted by molar-refractivity contribution is 5.74. The van der Waals surface area contributed by atoms with E-state index in [-0.39, 0.29) is 29.3 Å². The van der Waals surface area contributed by atoms with Gasteiger partial charge in [-0.05, 0) is 33.1 Å². The molecule has 2 fully saturated rings. The molecule has 0 amide bonds. The summed E-state index contributed by atoms with van der Waals surface area (Å²) < 4.78 is 11.5. The highest BCUT2D eigenvalue weighted by Crippen LogP contribution is 2.44. The van der Waals surface area contributed by atoms with Crippen molar-refractivity contribution < 1.29 is 19.4 Å². The standard InChI is InChI=1S/C17H26O4/c1-11(21-17(2)8-4-3-5-9-17)20-16(19)14-10-12-6-7-13(14)15(12)18/h6-7,11-15,18H,3-5,8-10H2,1-2H3. The fourth-order valence-corrected chi connectivity index (χ4v) is 4.17. The van der Waals surface area contributed by atoms with Gasteiger partial charge in [0.15, 0.2) is 0 Å². The highest BCUT2D eigenvalue weighted by atomic mass is 16.7. The fourth-order valence-electron chi connectivity index (χ4n) is 4.17. The molecule has 3 rings (SSSR count). The van der Waals surface area contributed by atoms with Crippen LogP contribution in [0.25, 0.3) is 0 Å². The van der Waals surface area contributed by atoms with Crippen LogP contribution in [0, 0.1) is 17.8 Å². The summed E-state index contributed by atoms with van der Waals surface area (Å²) in [5, 5.41) is 9.98. The van der Waals surface area contributed by atoms with Crippen molar-refractivity contribution in [3.05, 3.63) is 12.2 Å². The molecule has 118 valence electrons. The number of aliphatic hydroxyl groups excluding tert-OH is 1. The third-order valence-electron chi connectivity index (χ3n) is 5.35. The van der Waals surface area contributed by atoms with Gasteiger partial charge in [0, 0.05) is 11.8 Å². The van der Waals surface area contributed by atoms with E-state index in [9.17, 15) is 9.90 Å². The zero-order chi connectivity index (χ0) is 15.0. The Hall–Kier alpha value is -0.870. The molecular formula is C17H26O4. The molecule has 21 heavy (non-hydrogen) atoms.